The van der Waals surface area contributed by atoms with Gasteiger partial charge in [-0.3, -0.25) is 19.8 Å². The lowest BCUT2D eigenvalue weighted by molar-refractivity contribution is -0.147. The van der Waals surface area contributed by atoms with E-state index in [0.29, 0.717) is 11.6 Å². The summed E-state index contributed by atoms with van der Waals surface area (Å²) >= 11 is 5.83. The first kappa shape index (κ1) is 11.1. The van der Waals surface area contributed by atoms with Crippen molar-refractivity contribution < 1.29 is 9.59 Å². The predicted octanol–water partition coefficient (Wildman–Crippen LogP) is 0.798. The van der Waals surface area contributed by atoms with Crippen LogP contribution < -0.4 is 5.32 Å². The molecule has 2 rings (SSSR count). The van der Waals surface area contributed by atoms with Crippen LogP contribution in [0.5, 0.6) is 0 Å². The van der Waals surface area contributed by atoms with E-state index in [2.05, 4.69) is 5.32 Å². The van der Waals surface area contributed by atoms with Crippen molar-refractivity contribution in [2.75, 3.05) is 13.1 Å². The Balaban J connectivity index is 2.13. The molecule has 0 unspecified atom stereocenters. The lowest BCUT2D eigenvalue weighted by Crippen LogP contribution is -2.51. The molecular formula is C11H11ClN2O2. The van der Waals surface area contributed by atoms with Crippen molar-refractivity contribution in [2.45, 2.75) is 6.54 Å². The second-order valence-electron chi connectivity index (χ2n) is 3.61. The van der Waals surface area contributed by atoms with Crippen LogP contribution >= 0.6 is 11.6 Å². The van der Waals surface area contributed by atoms with Crippen molar-refractivity contribution in [2.24, 2.45) is 0 Å². The lowest BCUT2D eigenvalue weighted by atomic mass is 10.2. The van der Waals surface area contributed by atoms with Crippen LogP contribution in [0, 0.1) is 0 Å². The van der Waals surface area contributed by atoms with E-state index in [4.69, 9.17) is 11.6 Å². The second kappa shape index (κ2) is 4.63. The van der Waals surface area contributed by atoms with Gasteiger partial charge in [0.2, 0.25) is 11.8 Å². The largest absolute Gasteiger partial charge is 0.300 e. The number of carbonyl (C=O) groups is 2. The van der Waals surface area contributed by atoms with E-state index >= 15 is 0 Å². The number of hydrogen-bond acceptors (Lipinski definition) is 3. The number of halogens is 1. The van der Waals surface area contributed by atoms with Crippen LogP contribution in [0.1, 0.15) is 5.56 Å². The summed E-state index contributed by atoms with van der Waals surface area (Å²) in [5, 5.41) is 3.35. The van der Waals surface area contributed by atoms with E-state index < -0.39 is 0 Å². The summed E-state index contributed by atoms with van der Waals surface area (Å²) in [6.45, 7) is 0.721. The van der Waals surface area contributed by atoms with Gasteiger partial charge in [-0.2, -0.15) is 0 Å². The second-order valence-corrected chi connectivity index (χ2v) is 4.04. The first-order valence-corrected chi connectivity index (χ1v) is 5.33. The topological polar surface area (TPSA) is 49.4 Å². The summed E-state index contributed by atoms with van der Waals surface area (Å²) in [4.78, 5) is 24.3. The quantitative estimate of drug-likeness (QED) is 0.776. The van der Waals surface area contributed by atoms with E-state index in [1.807, 2.05) is 6.07 Å². The van der Waals surface area contributed by atoms with E-state index in [-0.39, 0.29) is 24.9 Å². The van der Waals surface area contributed by atoms with Crippen LogP contribution in [-0.2, 0) is 16.1 Å². The fourth-order valence-electron chi connectivity index (χ4n) is 1.60. The van der Waals surface area contributed by atoms with Crippen molar-refractivity contribution in [1.29, 1.82) is 0 Å². The van der Waals surface area contributed by atoms with E-state index in [1.165, 1.54) is 4.90 Å². The Bertz CT molecular complexity index is 418. The number of imide groups is 1. The zero-order valence-electron chi connectivity index (χ0n) is 8.57. The molecule has 4 nitrogen and oxygen atoms in total. The van der Waals surface area contributed by atoms with Gasteiger partial charge in [-0.05, 0) is 17.7 Å². The summed E-state index contributed by atoms with van der Waals surface area (Å²) in [5.74, 6) is -0.396. The standard InChI is InChI=1S/C11H11ClN2O2/c12-9-3-1-2-8(4-9)7-14-10(15)5-13-6-11(14)16/h1-4,13H,5-7H2. The Morgan fingerprint density at radius 3 is 2.56 bits per heavy atom. The van der Waals surface area contributed by atoms with Gasteiger partial charge in [0, 0.05) is 5.02 Å². The summed E-state index contributed by atoms with van der Waals surface area (Å²) < 4.78 is 0. The number of nitrogens with one attached hydrogen (secondary N) is 1. The van der Waals surface area contributed by atoms with Gasteiger partial charge in [0.05, 0.1) is 19.6 Å². The Morgan fingerprint density at radius 1 is 1.25 bits per heavy atom. The maximum atomic E-state index is 11.5. The maximum Gasteiger partial charge on any atom is 0.243 e. The van der Waals surface area contributed by atoms with Gasteiger partial charge in [0.15, 0.2) is 0 Å². The average molecular weight is 239 g/mol. The SMILES string of the molecule is O=C1CNCC(=O)N1Cc1cccc(Cl)c1. The van der Waals surface area contributed by atoms with Crippen LogP contribution in [0.25, 0.3) is 0 Å². The van der Waals surface area contributed by atoms with Gasteiger partial charge in [0.1, 0.15) is 0 Å². The summed E-state index contributed by atoms with van der Waals surface area (Å²) in [6, 6.07) is 7.15. The fraction of sp³-hybridized carbons (Fsp3) is 0.273. The summed E-state index contributed by atoms with van der Waals surface area (Å²) in [6.07, 6.45) is 0. The first-order chi connectivity index (χ1) is 7.66. The molecule has 0 atom stereocenters. The van der Waals surface area contributed by atoms with Crippen LogP contribution in [0.4, 0.5) is 0 Å². The molecule has 1 aromatic carbocycles. The van der Waals surface area contributed by atoms with Crippen molar-refractivity contribution in [3.8, 4) is 0 Å². The number of benzene rings is 1. The van der Waals surface area contributed by atoms with Gasteiger partial charge in [-0.25, -0.2) is 0 Å². The molecule has 1 heterocycles. The summed E-state index contributed by atoms with van der Waals surface area (Å²) in [5.41, 5.74) is 0.858. The number of rotatable bonds is 2. The highest BCUT2D eigenvalue weighted by Gasteiger charge is 2.25. The molecule has 0 aromatic heterocycles. The van der Waals surface area contributed by atoms with Crippen LogP contribution in [0.15, 0.2) is 24.3 Å². The Hall–Kier alpha value is -1.39. The first-order valence-electron chi connectivity index (χ1n) is 4.95. The van der Waals surface area contributed by atoms with Gasteiger partial charge in [-0.1, -0.05) is 23.7 Å². The van der Waals surface area contributed by atoms with Crippen molar-refractivity contribution in [3.63, 3.8) is 0 Å². The molecule has 1 aliphatic rings. The molecule has 0 spiro atoms. The van der Waals surface area contributed by atoms with Crippen molar-refractivity contribution >= 4 is 23.4 Å². The number of nitrogens with zero attached hydrogens (tertiary/aromatic N) is 1. The van der Waals surface area contributed by atoms with Gasteiger partial charge in [0.25, 0.3) is 0 Å². The van der Waals surface area contributed by atoms with E-state index in [1.54, 1.807) is 18.2 Å². The molecule has 16 heavy (non-hydrogen) atoms. The zero-order chi connectivity index (χ0) is 11.5. The third-order valence-electron chi connectivity index (χ3n) is 2.38. The minimum absolute atomic E-state index is 0.198. The third-order valence-corrected chi connectivity index (χ3v) is 2.62. The molecule has 2 amide bonds. The Kier molecular flexibility index (Phi) is 3.22. The molecular weight excluding hydrogens is 228 g/mol. The minimum atomic E-state index is -0.198. The number of carbonyl (C=O) groups excluding carboxylic acids is 2. The zero-order valence-corrected chi connectivity index (χ0v) is 9.33. The normalized spacial score (nSPS) is 16.7. The molecule has 0 bridgehead atoms. The maximum absolute atomic E-state index is 11.5. The molecule has 5 heteroatoms. The molecule has 1 aromatic rings. The van der Waals surface area contributed by atoms with Crippen molar-refractivity contribution in [3.05, 3.63) is 34.9 Å². The molecule has 84 valence electrons. The molecule has 1 fully saturated rings. The van der Waals surface area contributed by atoms with Gasteiger partial charge >= 0.3 is 0 Å². The summed E-state index contributed by atoms with van der Waals surface area (Å²) in [7, 11) is 0. The average Bonchev–Trinajstić information content (AvgIpc) is 2.24. The number of piperazine rings is 1. The highest BCUT2D eigenvalue weighted by atomic mass is 35.5. The molecule has 1 aliphatic heterocycles. The highest BCUT2D eigenvalue weighted by molar-refractivity contribution is 6.30. The number of hydrogen-bond donors (Lipinski definition) is 1. The van der Waals surface area contributed by atoms with Gasteiger partial charge < -0.3 is 0 Å². The highest BCUT2D eigenvalue weighted by Crippen LogP contribution is 2.13. The molecule has 0 aliphatic carbocycles. The van der Waals surface area contributed by atoms with Crippen LogP contribution in [0.3, 0.4) is 0 Å². The van der Waals surface area contributed by atoms with Crippen LogP contribution in [0.2, 0.25) is 5.02 Å². The predicted molar refractivity (Wildman–Crippen MR) is 59.9 cm³/mol. The van der Waals surface area contributed by atoms with E-state index in [9.17, 15) is 9.59 Å². The van der Waals surface area contributed by atoms with E-state index in [0.717, 1.165) is 5.56 Å². The minimum Gasteiger partial charge on any atom is -0.300 e. The molecule has 1 saturated heterocycles. The molecule has 0 saturated carbocycles. The lowest BCUT2D eigenvalue weighted by Gasteiger charge is -2.25. The Labute approximate surface area is 98.2 Å². The third kappa shape index (κ3) is 2.40. The monoisotopic (exact) mass is 238 g/mol. The Morgan fingerprint density at radius 2 is 1.94 bits per heavy atom. The number of amides is 2. The fourth-order valence-corrected chi connectivity index (χ4v) is 1.81. The van der Waals surface area contributed by atoms with Crippen LogP contribution in [-0.4, -0.2) is 29.8 Å². The molecule has 0 radical (unpaired) electrons. The van der Waals surface area contributed by atoms with Crippen molar-refractivity contribution in [1.82, 2.24) is 10.2 Å². The van der Waals surface area contributed by atoms with Gasteiger partial charge in [-0.15, -0.1) is 0 Å². The molecule has 1 N–H and O–H groups in total. The smallest absolute Gasteiger partial charge is 0.243 e.